The molecular weight excluding hydrogens is 254 g/mol. The maximum absolute atomic E-state index is 12.0. The van der Waals surface area contributed by atoms with E-state index in [9.17, 15) is 9.59 Å². The molecule has 0 bridgehead atoms. The second-order valence-electron chi connectivity index (χ2n) is 7.12. The number of likely N-dealkylation sites (tertiary alicyclic amines) is 1. The maximum Gasteiger partial charge on any atom is 0.409 e. The lowest BCUT2D eigenvalue weighted by Crippen LogP contribution is -2.42. The van der Waals surface area contributed by atoms with Crippen LogP contribution < -0.4 is 0 Å². The molecule has 1 amide bonds. The number of Topliss-reactive ketones (excluding diaryl/α,β-unsaturated/α-hetero) is 1. The fourth-order valence-electron chi connectivity index (χ4n) is 3.68. The molecule has 20 heavy (non-hydrogen) atoms. The second kappa shape index (κ2) is 5.74. The zero-order valence-electron chi connectivity index (χ0n) is 13.0. The van der Waals surface area contributed by atoms with E-state index >= 15 is 0 Å². The minimum atomic E-state index is -0.236. The van der Waals surface area contributed by atoms with Crippen molar-refractivity contribution in [2.75, 3.05) is 19.7 Å². The van der Waals surface area contributed by atoms with Gasteiger partial charge in [0.1, 0.15) is 5.78 Å². The van der Waals surface area contributed by atoms with Gasteiger partial charge in [-0.05, 0) is 31.1 Å². The van der Waals surface area contributed by atoms with E-state index in [2.05, 4.69) is 6.92 Å². The van der Waals surface area contributed by atoms with Gasteiger partial charge in [0.15, 0.2) is 0 Å². The zero-order chi connectivity index (χ0) is 14.8. The van der Waals surface area contributed by atoms with Crippen LogP contribution in [0.2, 0.25) is 0 Å². The average molecular weight is 281 g/mol. The topological polar surface area (TPSA) is 46.6 Å². The number of carbonyl (C=O) groups excluding carboxylic acids is 2. The number of ketones is 1. The number of hydrogen-bond donors (Lipinski definition) is 0. The summed E-state index contributed by atoms with van der Waals surface area (Å²) in [6.45, 7) is 8.21. The average Bonchev–Trinajstić information content (AvgIpc) is 2.78. The number of rotatable bonds is 3. The Bertz CT molecular complexity index is 391. The summed E-state index contributed by atoms with van der Waals surface area (Å²) in [6, 6.07) is 0. The molecule has 0 aromatic rings. The van der Waals surface area contributed by atoms with Crippen LogP contribution in [0, 0.1) is 10.8 Å². The molecule has 1 atom stereocenters. The molecule has 0 aromatic carbocycles. The molecule has 0 radical (unpaired) electrons. The van der Waals surface area contributed by atoms with Gasteiger partial charge in [0.05, 0.1) is 6.61 Å². The Labute approximate surface area is 121 Å². The molecule has 4 heteroatoms. The SMILES string of the molecule is CCCCOC(=O)N1CCC2(CCC(=O)C(C)(C)C2)C1. The van der Waals surface area contributed by atoms with E-state index in [1.165, 1.54) is 0 Å². The van der Waals surface area contributed by atoms with Crippen LogP contribution in [-0.2, 0) is 9.53 Å². The Morgan fingerprint density at radius 1 is 1.35 bits per heavy atom. The number of ether oxygens (including phenoxy) is 1. The molecule has 2 aliphatic rings. The lowest BCUT2D eigenvalue weighted by molar-refractivity contribution is -0.133. The van der Waals surface area contributed by atoms with Gasteiger partial charge >= 0.3 is 6.09 Å². The number of carbonyl (C=O) groups is 2. The zero-order valence-corrected chi connectivity index (χ0v) is 13.0. The van der Waals surface area contributed by atoms with Gasteiger partial charge in [0.25, 0.3) is 0 Å². The predicted molar refractivity (Wildman–Crippen MR) is 77.5 cm³/mol. The third-order valence-corrected chi connectivity index (χ3v) is 4.87. The summed E-state index contributed by atoms with van der Waals surface area (Å²) >= 11 is 0. The van der Waals surface area contributed by atoms with Crippen LogP contribution in [0.1, 0.15) is 59.3 Å². The lowest BCUT2D eigenvalue weighted by Gasteiger charge is -2.41. The first-order chi connectivity index (χ1) is 9.38. The largest absolute Gasteiger partial charge is 0.449 e. The highest BCUT2D eigenvalue weighted by Gasteiger charge is 2.48. The van der Waals surface area contributed by atoms with Crippen molar-refractivity contribution in [1.29, 1.82) is 0 Å². The van der Waals surface area contributed by atoms with E-state index in [-0.39, 0.29) is 16.9 Å². The summed E-state index contributed by atoms with van der Waals surface area (Å²) in [5.74, 6) is 0.368. The van der Waals surface area contributed by atoms with E-state index in [1.807, 2.05) is 18.7 Å². The lowest BCUT2D eigenvalue weighted by atomic mass is 9.62. The van der Waals surface area contributed by atoms with Crippen LogP contribution >= 0.6 is 0 Å². The van der Waals surface area contributed by atoms with Crippen molar-refractivity contribution < 1.29 is 14.3 Å². The maximum atomic E-state index is 12.0. The molecule has 1 spiro atoms. The summed E-state index contributed by atoms with van der Waals surface area (Å²) in [5.41, 5.74) is -0.0957. The van der Waals surface area contributed by atoms with Crippen molar-refractivity contribution in [2.45, 2.75) is 59.3 Å². The summed E-state index contributed by atoms with van der Waals surface area (Å²) in [5, 5.41) is 0. The number of hydrogen-bond acceptors (Lipinski definition) is 3. The highest BCUT2D eigenvalue weighted by atomic mass is 16.6. The number of unbranched alkanes of at least 4 members (excludes halogenated alkanes) is 1. The highest BCUT2D eigenvalue weighted by Crippen LogP contribution is 2.49. The van der Waals surface area contributed by atoms with Gasteiger partial charge in [-0.1, -0.05) is 27.2 Å². The van der Waals surface area contributed by atoms with Crippen molar-refractivity contribution in [3.63, 3.8) is 0 Å². The van der Waals surface area contributed by atoms with Crippen LogP contribution in [0.15, 0.2) is 0 Å². The molecule has 1 aliphatic heterocycles. The van der Waals surface area contributed by atoms with Crippen LogP contribution in [0.4, 0.5) is 4.79 Å². The smallest absolute Gasteiger partial charge is 0.409 e. The normalized spacial score (nSPS) is 28.9. The molecule has 0 aromatic heterocycles. The van der Waals surface area contributed by atoms with Crippen molar-refractivity contribution in [2.24, 2.45) is 10.8 Å². The molecule has 2 fully saturated rings. The monoisotopic (exact) mass is 281 g/mol. The highest BCUT2D eigenvalue weighted by molar-refractivity contribution is 5.85. The molecule has 1 unspecified atom stereocenters. The molecule has 114 valence electrons. The van der Waals surface area contributed by atoms with Crippen LogP contribution in [0.25, 0.3) is 0 Å². The Morgan fingerprint density at radius 2 is 2.10 bits per heavy atom. The summed E-state index contributed by atoms with van der Waals surface area (Å²) in [7, 11) is 0. The molecule has 0 N–H and O–H groups in total. The molecule has 2 rings (SSSR count). The number of nitrogens with zero attached hydrogens (tertiary/aromatic N) is 1. The van der Waals surface area contributed by atoms with Crippen molar-refractivity contribution in [3.05, 3.63) is 0 Å². The standard InChI is InChI=1S/C16H27NO3/c1-4-5-10-20-14(19)17-9-8-16(12-17)7-6-13(18)15(2,3)11-16/h4-12H2,1-3H3. The van der Waals surface area contributed by atoms with Gasteiger partial charge in [0, 0.05) is 24.9 Å². The Kier molecular flexibility index (Phi) is 4.40. The van der Waals surface area contributed by atoms with Crippen molar-refractivity contribution >= 4 is 11.9 Å². The first kappa shape index (κ1) is 15.3. The van der Waals surface area contributed by atoms with Gasteiger partial charge in [-0.3, -0.25) is 4.79 Å². The van der Waals surface area contributed by atoms with E-state index in [4.69, 9.17) is 4.74 Å². The van der Waals surface area contributed by atoms with E-state index < -0.39 is 0 Å². The Morgan fingerprint density at radius 3 is 2.75 bits per heavy atom. The van der Waals surface area contributed by atoms with Crippen LogP contribution in [0.5, 0.6) is 0 Å². The fraction of sp³-hybridized carbons (Fsp3) is 0.875. The van der Waals surface area contributed by atoms with Gasteiger partial charge in [-0.15, -0.1) is 0 Å². The minimum Gasteiger partial charge on any atom is -0.449 e. The first-order valence-electron chi connectivity index (χ1n) is 7.84. The third-order valence-electron chi connectivity index (χ3n) is 4.87. The molecular formula is C16H27NO3. The van der Waals surface area contributed by atoms with Crippen molar-refractivity contribution in [1.82, 2.24) is 4.90 Å². The van der Waals surface area contributed by atoms with Gasteiger partial charge in [-0.25, -0.2) is 4.79 Å². The molecule has 1 saturated carbocycles. The molecule has 4 nitrogen and oxygen atoms in total. The van der Waals surface area contributed by atoms with E-state index in [1.54, 1.807) is 0 Å². The Balaban J connectivity index is 1.91. The quantitative estimate of drug-likeness (QED) is 0.745. The Hall–Kier alpha value is -1.06. The predicted octanol–water partition coefficient (Wildman–Crippen LogP) is 3.39. The number of amides is 1. The second-order valence-corrected chi connectivity index (χ2v) is 7.12. The summed E-state index contributed by atoms with van der Waals surface area (Å²) < 4.78 is 5.29. The minimum absolute atomic E-state index is 0.140. The molecule has 1 heterocycles. The van der Waals surface area contributed by atoms with Gasteiger partial charge < -0.3 is 9.64 Å². The van der Waals surface area contributed by atoms with Crippen LogP contribution in [0.3, 0.4) is 0 Å². The summed E-state index contributed by atoms with van der Waals surface area (Å²) in [4.78, 5) is 25.8. The fourth-order valence-corrected chi connectivity index (χ4v) is 3.68. The van der Waals surface area contributed by atoms with Gasteiger partial charge in [0.2, 0.25) is 0 Å². The van der Waals surface area contributed by atoms with E-state index in [0.717, 1.165) is 45.2 Å². The molecule has 1 saturated heterocycles. The van der Waals surface area contributed by atoms with E-state index in [0.29, 0.717) is 18.8 Å². The van der Waals surface area contributed by atoms with Crippen LogP contribution in [-0.4, -0.2) is 36.5 Å². The molecule has 1 aliphatic carbocycles. The first-order valence-corrected chi connectivity index (χ1v) is 7.84. The third kappa shape index (κ3) is 3.15. The summed E-state index contributed by atoms with van der Waals surface area (Å²) in [6.07, 6.45) is 5.27. The van der Waals surface area contributed by atoms with Crippen molar-refractivity contribution in [3.8, 4) is 0 Å². The van der Waals surface area contributed by atoms with Gasteiger partial charge in [-0.2, -0.15) is 0 Å².